The van der Waals surface area contributed by atoms with Gasteiger partial charge >= 0.3 is 0 Å². The van der Waals surface area contributed by atoms with Gasteiger partial charge in [-0.25, -0.2) is 0 Å². The number of hydrogen-bond acceptors (Lipinski definition) is 3. The fourth-order valence-corrected chi connectivity index (χ4v) is 1.66. The molecule has 3 heteroatoms. The molecule has 0 radical (unpaired) electrons. The maximum Gasteiger partial charge on any atom is 0.145 e. The van der Waals surface area contributed by atoms with Crippen LogP contribution in [0.5, 0.6) is 0 Å². The Balaban J connectivity index is 2.10. The van der Waals surface area contributed by atoms with Gasteiger partial charge in [-0.05, 0) is 17.5 Å². The van der Waals surface area contributed by atoms with E-state index in [0.717, 1.165) is 24.1 Å². The van der Waals surface area contributed by atoms with Gasteiger partial charge in [0, 0.05) is 13.0 Å². The number of hydrogen-bond donors (Lipinski definition) is 1. The highest BCUT2D eigenvalue weighted by atomic mass is 16.6. The molecule has 1 heterocycles. The lowest BCUT2D eigenvalue weighted by Crippen LogP contribution is -2.20. The lowest BCUT2D eigenvalue weighted by Gasteiger charge is -2.02. The predicted octanol–water partition coefficient (Wildman–Crippen LogP) is 1.70. The van der Waals surface area contributed by atoms with E-state index < -0.39 is 0 Å². The summed E-state index contributed by atoms with van der Waals surface area (Å²) in [4.78, 5) is 5.19. The van der Waals surface area contributed by atoms with Gasteiger partial charge in [0.15, 0.2) is 0 Å². The van der Waals surface area contributed by atoms with Gasteiger partial charge in [-0.15, -0.1) is 0 Å². The van der Waals surface area contributed by atoms with E-state index in [1.165, 1.54) is 5.56 Å². The Labute approximate surface area is 89.9 Å². The van der Waals surface area contributed by atoms with Crippen LogP contribution in [0.2, 0.25) is 0 Å². The Morgan fingerprint density at radius 1 is 1.40 bits per heavy atom. The maximum absolute atomic E-state index is 5.52. The van der Waals surface area contributed by atoms with Crippen molar-refractivity contribution in [1.29, 1.82) is 0 Å². The van der Waals surface area contributed by atoms with E-state index in [4.69, 9.17) is 10.6 Å². The van der Waals surface area contributed by atoms with Crippen LogP contribution in [0.15, 0.2) is 29.4 Å². The van der Waals surface area contributed by atoms with Crippen molar-refractivity contribution >= 4 is 5.71 Å². The van der Waals surface area contributed by atoms with Gasteiger partial charge in [0.1, 0.15) is 6.10 Å². The summed E-state index contributed by atoms with van der Waals surface area (Å²) in [6.07, 6.45) is 1.95. The molecule has 80 valence electrons. The fraction of sp³-hybridized carbons (Fsp3) is 0.417. The Hall–Kier alpha value is -1.35. The molecule has 1 aliphatic rings. The molecular weight excluding hydrogens is 188 g/mol. The van der Waals surface area contributed by atoms with Crippen molar-refractivity contribution in [1.82, 2.24) is 0 Å². The van der Waals surface area contributed by atoms with Crippen LogP contribution in [-0.2, 0) is 11.3 Å². The SMILES string of the molecule is CCc1ccc(C2=NOC(CN)C2)cc1. The average Bonchev–Trinajstić information content (AvgIpc) is 2.78. The first-order valence-corrected chi connectivity index (χ1v) is 5.35. The summed E-state index contributed by atoms with van der Waals surface area (Å²) < 4.78 is 0. The molecule has 0 saturated heterocycles. The molecule has 0 amide bonds. The highest BCUT2D eigenvalue weighted by Gasteiger charge is 2.20. The van der Waals surface area contributed by atoms with E-state index >= 15 is 0 Å². The summed E-state index contributed by atoms with van der Waals surface area (Å²) in [5.74, 6) is 0. The molecule has 2 rings (SSSR count). The van der Waals surface area contributed by atoms with E-state index in [-0.39, 0.29) is 6.10 Å². The minimum atomic E-state index is 0.0610. The van der Waals surface area contributed by atoms with Gasteiger partial charge in [0.2, 0.25) is 0 Å². The number of aryl methyl sites for hydroxylation is 1. The minimum Gasteiger partial charge on any atom is -0.390 e. The smallest absolute Gasteiger partial charge is 0.145 e. The first-order valence-electron chi connectivity index (χ1n) is 5.35. The first-order chi connectivity index (χ1) is 7.33. The second-order valence-corrected chi connectivity index (χ2v) is 3.76. The molecular formula is C12H16N2O. The molecule has 15 heavy (non-hydrogen) atoms. The molecule has 1 aromatic carbocycles. The number of oxime groups is 1. The zero-order chi connectivity index (χ0) is 10.7. The molecule has 1 atom stereocenters. The van der Waals surface area contributed by atoms with Crippen molar-refractivity contribution in [3.05, 3.63) is 35.4 Å². The van der Waals surface area contributed by atoms with E-state index in [0.29, 0.717) is 6.54 Å². The molecule has 3 nitrogen and oxygen atoms in total. The number of rotatable bonds is 3. The van der Waals surface area contributed by atoms with Crippen molar-refractivity contribution < 1.29 is 4.84 Å². The summed E-state index contributed by atoms with van der Waals surface area (Å²) in [5.41, 5.74) is 9.01. The molecule has 1 aliphatic heterocycles. The van der Waals surface area contributed by atoms with Crippen LogP contribution >= 0.6 is 0 Å². The molecule has 0 bridgehead atoms. The highest BCUT2D eigenvalue weighted by molar-refractivity contribution is 6.01. The third-order valence-electron chi connectivity index (χ3n) is 2.69. The third kappa shape index (κ3) is 2.18. The molecule has 2 N–H and O–H groups in total. The highest BCUT2D eigenvalue weighted by Crippen LogP contribution is 2.16. The zero-order valence-corrected chi connectivity index (χ0v) is 8.94. The minimum absolute atomic E-state index is 0.0610. The fourth-order valence-electron chi connectivity index (χ4n) is 1.66. The quantitative estimate of drug-likeness (QED) is 0.814. The Kier molecular flexibility index (Phi) is 3.02. The third-order valence-corrected chi connectivity index (χ3v) is 2.69. The topological polar surface area (TPSA) is 47.6 Å². The lowest BCUT2D eigenvalue weighted by molar-refractivity contribution is 0.0918. The van der Waals surface area contributed by atoms with Gasteiger partial charge in [-0.3, -0.25) is 0 Å². The van der Waals surface area contributed by atoms with Gasteiger partial charge in [0.05, 0.1) is 5.71 Å². The largest absolute Gasteiger partial charge is 0.390 e. The normalized spacial score (nSPS) is 19.9. The van der Waals surface area contributed by atoms with E-state index in [1.807, 2.05) is 0 Å². The van der Waals surface area contributed by atoms with Crippen LogP contribution in [-0.4, -0.2) is 18.4 Å². The molecule has 1 aromatic rings. The van der Waals surface area contributed by atoms with Gasteiger partial charge in [0.25, 0.3) is 0 Å². The van der Waals surface area contributed by atoms with Gasteiger partial charge < -0.3 is 10.6 Å². The molecule has 0 aliphatic carbocycles. The Morgan fingerprint density at radius 2 is 2.13 bits per heavy atom. The number of benzene rings is 1. The summed E-state index contributed by atoms with van der Waals surface area (Å²) in [5, 5.41) is 4.05. The van der Waals surface area contributed by atoms with E-state index in [1.54, 1.807) is 0 Å². The molecule has 0 aromatic heterocycles. The molecule has 0 fully saturated rings. The summed E-state index contributed by atoms with van der Waals surface area (Å²) >= 11 is 0. The monoisotopic (exact) mass is 204 g/mol. The molecule has 1 unspecified atom stereocenters. The van der Waals surface area contributed by atoms with E-state index in [2.05, 4.69) is 36.3 Å². The second-order valence-electron chi connectivity index (χ2n) is 3.76. The summed E-state index contributed by atoms with van der Waals surface area (Å²) in [6, 6.07) is 8.46. The van der Waals surface area contributed by atoms with Gasteiger partial charge in [-0.1, -0.05) is 36.3 Å². The zero-order valence-electron chi connectivity index (χ0n) is 8.94. The van der Waals surface area contributed by atoms with Crippen molar-refractivity contribution in [2.75, 3.05) is 6.54 Å². The lowest BCUT2D eigenvalue weighted by atomic mass is 10.0. The van der Waals surface area contributed by atoms with Crippen LogP contribution in [0.3, 0.4) is 0 Å². The van der Waals surface area contributed by atoms with Crippen molar-refractivity contribution in [2.45, 2.75) is 25.9 Å². The number of nitrogens with zero attached hydrogens (tertiary/aromatic N) is 1. The van der Waals surface area contributed by atoms with Crippen molar-refractivity contribution in [3.8, 4) is 0 Å². The first kappa shape index (κ1) is 10.2. The van der Waals surface area contributed by atoms with Crippen LogP contribution in [0, 0.1) is 0 Å². The predicted molar refractivity (Wildman–Crippen MR) is 60.9 cm³/mol. The van der Waals surface area contributed by atoms with Crippen LogP contribution in [0.1, 0.15) is 24.5 Å². The summed E-state index contributed by atoms with van der Waals surface area (Å²) in [6.45, 7) is 2.68. The molecule has 0 spiro atoms. The van der Waals surface area contributed by atoms with Crippen molar-refractivity contribution in [2.24, 2.45) is 10.9 Å². The van der Waals surface area contributed by atoms with Crippen LogP contribution < -0.4 is 5.73 Å². The Morgan fingerprint density at radius 3 is 2.67 bits per heavy atom. The Bertz CT molecular complexity index is 356. The number of nitrogens with two attached hydrogens (primary N) is 1. The average molecular weight is 204 g/mol. The summed E-state index contributed by atoms with van der Waals surface area (Å²) in [7, 11) is 0. The second kappa shape index (κ2) is 4.45. The van der Waals surface area contributed by atoms with E-state index in [9.17, 15) is 0 Å². The maximum atomic E-state index is 5.52. The molecule has 0 saturated carbocycles. The van der Waals surface area contributed by atoms with Crippen molar-refractivity contribution in [3.63, 3.8) is 0 Å². The van der Waals surface area contributed by atoms with Crippen LogP contribution in [0.4, 0.5) is 0 Å². The standard InChI is InChI=1S/C12H16N2O/c1-2-9-3-5-10(6-4-9)12-7-11(8-13)15-14-12/h3-6,11H,2,7-8,13H2,1H3. The van der Waals surface area contributed by atoms with Gasteiger partial charge in [-0.2, -0.15) is 0 Å². The van der Waals surface area contributed by atoms with Crippen LogP contribution in [0.25, 0.3) is 0 Å².